The van der Waals surface area contributed by atoms with Crippen LogP contribution in [0, 0.1) is 0 Å². The summed E-state index contributed by atoms with van der Waals surface area (Å²) in [6.07, 6.45) is 1.88. The van der Waals surface area contributed by atoms with E-state index in [9.17, 15) is 5.11 Å². The molecule has 1 aromatic rings. The number of anilines is 1. The topological polar surface area (TPSA) is 35.9 Å². The molecule has 0 bridgehead atoms. The van der Waals surface area contributed by atoms with Gasteiger partial charge in [0.05, 0.1) is 13.2 Å². The minimum Gasteiger partial charge on any atom is -0.496 e. The molecule has 1 saturated heterocycles. The van der Waals surface area contributed by atoms with Crippen LogP contribution in [0.2, 0.25) is 0 Å². The lowest BCUT2D eigenvalue weighted by Gasteiger charge is -2.32. The van der Waals surface area contributed by atoms with Gasteiger partial charge in [-0.15, -0.1) is 0 Å². The Balaban J connectivity index is 2.36. The van der Waals surface area contributed by atoms with Crippen molar-refractivity contribution in [3.8, 4) is 5.75 Å². The minimum absolute atomic E-state index is 0.509. The monoisotopic (exact) mass is 278 g/mol. The van der Waals surface area contributed by atoms with E-state index in [1.807, 2.05) is 12.1 Å². The van der Waals surface area contributed by atoms with Gasteiger partial charge in [-0.05, 0) is 46.0 Å². The zero-order valence-electron chi connectivity index (χ0n) is 13.0. The maximum atomic E-state index is 10.1. The molecule has 1 aromatic carbocycles. The average molecular weight is 278 g/mol. The number of benzene rings is 1. The second-order valence-corrected chi connectivity index (χ2v) is 5.82. The van der Waals surface area contributed by atoms with E-state index in [-0.39, 0.29) is 0 Å². The first-order valence-electron chi connectivity index (χ1n) is 7.31. The fraction of sp³-hybridized carbons (Fsp3) is 0.625. The molecule has 4 heteroatoms. The summed E-state index contributed by atoms with van der Waals surface area (Å²) in [5.41, 5.74) is 2.02. The third-order valence-electron chi connectivity index (χ3n) is 3.94. The van der Waals surface area contributed by atoms with Crippen molar-refractivity contribution in [2.24, 2.45) is 0 Å². The third kappa shape index (κ3) is 3.07. The van der Waals surface area contributed by atoms with E-state index in [1.54, 1.807) is 14.0 Å². The number of hydrogen-bond donors (Lipinski definition) is 1. The van der Waals surface area contributed by atoms with Gasteiger partial charge < -0.3 is 19.6 Å². The molecule has 20 heavy (non-hydrogen) atoms. The van der Waals surface area contributed by atoms with Crippen molar-refractivity contribution >= 4 is 5.69 Å². The number of aliphatic hydroxyl groups is 1. The van der Waals surface area contributed by atoms with Gasteiger partial charge in [-0.2, -0.15) is 0 Å². The van der Waals surface area contributed by atoms with Crippen LogP contribution in [-0.4, -0.2) is 50.3 Å². The Morgan fingerprint density at radius 2 is 2.20 bits per heavy atom. The molecule has 112 valence electrons. The van der Waals surface area contributed by atoms with E-state index in [0.717, 1.165) is 30.1 Å². The minimum atomic E-state index is -0.526. The molecule has 0 saturated carbocycles. The van der Waals surface area contributed by atoms with Crippen LogP contribution in [0.1, 0.15) is 31.4 Å². The Labute approximate surface area is 122 Å². The van der Waals surface area contributed by atoms with Crippen LogP contribution in [0.5, 0.6) is 5.75 Å². The molecule has 2 rings (SSSR count). The summed E-state index contributed by atoms with van der Waals surface area (Å²) in [5.74, 6) is 0.771. The number of rotatable bonds is 5. The largest absolute Gasteiger partial charge is 0.496 e. The molecule has 0 aliphatic carbocycles. The zero-order chi connectivity index (χ0) is 14.7. The van der Waals surface area contributed by atoms with Crippen molar-refractivity contribution in [1.29, 1.82) is 0 Å². The van der Waals surface area contributed by atoms with Gasteiger partial charge in [-0.3, -0.25) is 0 Å². The summed E-state index contributed by atoms with van der Waals surface area (Å²) < 4.78 is 5.43. The highest BCUT2D eigenvalue weighted by Crippen LogP contribution is 2.37. The van der Waals surface area contributed by atoms with E-state index in [1.165, 1.54) is 12.8 Å². The fourth-order valence-corrected chi connectivity index (χ4v) is 3.14. The number of methoxy groups -OCH3 is 1. The molecule has 0 radical (unpaired) electrons. The molecule has 0 amide bonds. The number of nitrogens with zero attached hydrogens (tertiary/aromatic N) is 2. The summed E-state index contributed by atoms with van der Waals surface area (Å²) in [6.45, 7) is 3.89. The van der Waals surface area contributed by atoms with Crippen LogP contribution in [-0.2, 0) is 0 Å². The molecule has 1 heterocycles. The standard InChI is InChI=1S/C16H26N2O2/c1-12(19)16-14(8-5-9-15(16)20-4)18-10-6-7-13(18)11-17(2)3/h5,8-9,12-13,19H,6-7,10-11H2,1-4H3. The van der Waals surface area contributed by atoms with Crippen molar-refractivity contribution in [1.82, 2.24) is 4.90 Å². The third-order valence-corrected chi connectivity index (χ3v) is 3.94. The second-order valence-electron chi connectivity index (χ2n) is 5.82. The van der Waals surface area contributed by atoms with Gasteiger partial charge >= 0.3 is 0 Å². The van der Waals surface area contributed by atoms with Crippen molar-refractivity contribution in [3.63, 3.8) is 0 Å². The van der Waals surface area contributed by atoms with Gasteiger partial charge in [0.2, 0.25) is 0 Å². The van der Waals surface area contributed by atoms with E-state index in [0.29, 0.717) is 6.04 Å². The van der Waals surface area contributed by atoms with Crippen molar-refractivity contribution in [3.05, 3.63) is 23.8 Å². The summed E-state index contributed by atoms with van der Waals surface area (Å²) >= 11 is 0. The molecule has 2 unspecified atom stereocenters. The summed E-state index contributed by atoms with van der Waals surface area (Å²) in [4.78, 5) is 4.65. The quantitative estimate of drug-likeness (QED) is 0.896. The van der Waals surface area contributed by atoms with E-state index < -0.39 is 6.10 Å². The summed E-state index contributed by atoms with van der Waals surface area (Å²) in [5, 5.41) is 10.1. The Kier molecular flexibility index (Phi) is 4.89. The Hall–Kier alpha value is -1.26. The highest BCUT2D eigenvalue weighted by Gasteiger charge is 2.28. The number of hydrogen-bond acceptors (Lipinski definition) is 4. The summed E-state index contributed by atoms with van der Waals surface area (Å²) in [6, 6.07) is 6.53. The van der Waals surface area contributed by atoms with Gasteiger partial charge in [0.1, 0.15) is 5.75 Å². The average Bonchev–Trinajstić information content (AvgIpc) is 2.84. The molecule has 1 N–H and O–H groups in total. The lowest BCUT2D eigenvalue weighted by molar-refractivity contribution is 0.194. The lowest BCUT2D eigenvalue weighted by atomic mass is 10.0. The molecule has 0 aromatic heterocycles. The highest BCUT2D eigenvalue weighted by molar-refractivity contribution is 5.61. The maximum absolute atomic E-state index is 10.1. The van der Waals surface area contributed by atoms with Crippen LogP contribution < -0.4 is 9.64 Å². The Morgan fingerprint density at radius 1 is 1.45 bits per heavy atom. The predicted octanol–water partition coefficient (Wildman–Crippen LogP) is 2.28. The van der Waals surface area contributed by atoms with Crippen molar-refractivity contribution in [2.45, 2.75) is 31.9 Å². The zero-order valence-corrected chi connectivity index (χ0v) is 13.0. The highest BCUT2D eigenvalue weighted by atomic mass is 16.5. The molecule has 1 aliphatic heterocycles. The molecule has 1 aliphatic rings. The smallest absolute Gasteiger partial charge is 0.126 e. The first-order valence-corrected chi connectivity index (χ1v) is 7.31. The van der Waals surface area contributed by atoms with Crippen LogP contribution in [0.15, 0.2) is 18.2 Å². The van der Waals surface area contributed by atoms with E-state index >= 15 is 0 Å². The maximum Gasteiger partial charge on any atom is 0.126 e. The number of ether oxygens (including phenoxy) is 1. The van der Waals surface area contributed by atoms with Crippen molar-refractivity contribution in [2.75, 3.05) is 39.2 Å². The van der Waals surface area contributed by atoms with Gasteiger partial charge in [0.25, 0.3) is 0 Å². The summed E-state index contributed by atoms with van der Waals surface area (Å²) in [7, 11) is 5.88. The molecule has 4 nitrogen and oxygen atoms in total. The van der Waals surface area contributed by atoms with Crippen molar-refractivity contribution < 1.29 is 9.84 Å². The van der Waals surface area contributed by atoms with Gasteiger partial charge in [-0.1, -0.05) is 6.07 Å². The van der Waals surface area contributed by atoms with Gasteiger partial charge in [-0.25, -0.2) is 0 Å². The molecule has 2 atom stereocenters. The van der Waals surface area contributed by atoms with Gasteiger partial charge in [0.15, 0.2) is 0 Å². The van der Waals surface area contributed by atoms with Crippen LogP contribution >= 0.6 is 0 Å². The number of aliphatic hydroxyl groups excluding tert-OH is 1. The van der Waals surface area contributed by atoms with Crippen LogP contribution in [0.4, 0.5) is 5.69 Å². The van der Waals surface area contributed by atoms with Crippen LogP contribution in [0.25, 0.3) is 0 Å². The number of likely N-dealkylation sites (N-methyl/N-ethyl adjacent to an activating group) is 1. The van der Waals surface area contributed by atoms with Crippen LogP contribution in [0.3, 0.4) is 0 Å². The molecular weight excluding hydrogens is 252 g/mol. The molecular formula is C16H26N2O2. The Morgan fingerprint density at radius 3 is 2.80 bits per heavy atom. The molecule has 1 fully saturated rings. The first-order chi connectivity index (χ1) is 9.54. The predicted molar refractivity (Wildman–Crippen MR) is 82.5 cm³/mol. The first kappa shape index (κ1) is 15.1. The fourth-order valence-electron chi connectivity index (χ4n) is 3.14. The lowest BCUT2D eigenvalue weighted by Crippen LogP contribution is -2.38. The van der Waals surface area contributed by atoms with E-state index in [2.05, 4.69) is 30.0 Å². The van der Waals surface area contributed by atoms with Gasteiger partial charge in [0, 0.05) is 30.4 Å². The normalized spacial score (nSPS) is 20.5. The van der Waals surface area contributed by atoms with E-state index in [4.69, 9.17) is 4.74 Å². The molecule has 0 spiro atoms. The SMILES string of the molecule is COc1cccc(N2CCCC2CN(C)C)c1C(C)O. The second kappa shape index (κ2) is 6.46. The Bertz CT molecular complexity index is 446.